The van der Waals surface area contributed by atoms with Crippen LogP contribution in [0.2, 0.25) is 0 Å². The van der Waals surface area contributed by atoms with Gasteiger partial charge in [-0.05, 0) is 6.07 Å². The molecule has 0 aromatic heterocycles. The van der Waals surface area contributed by atoms with Gasteiger partial charge in [-0.1, -0.05) is 0 Å². The normalized spacial score (nSPS) is 18.4. The Labute approximate surface area is 102 Å². The van der Waals surface area contributed by atoms with Gasteiger partial charge in [0.1, 0.15) is 5.82 Å². The molecule has 0 fully saturated rings. The number of halogens is 5. The van der Waals surface area contributed by atoms with Crippen LogP contribution in [0.25, 0.3) is 6.08 Å². The molecule has 1 aliphatic rings. The number of alkyl halides is 3. The molecule has 1 aromatic rings. The third kappa shape index (κ3) is 2.35. The summed E-state index contributed by atoms with van der Waals surface area (Å²) in [5.74, 6) is -3.30. The summed E-state index contributed by atoms with van der Waals surface area (Å²) in [7, 11) is 0. The van der Waals surface area contributed by atoms with E-state index in [1.54, 1.807) is 0 Å². The third-order valence-electron chi connectivity index (χ3n) is 2.35. The van der Waals surface area contributed by atoms with E-state index < -0.39 is 45.8 Å². The van der Waals surface area contributed by atoms with Crippen LogP contribution >= 0.6 is 0 Å². The Kier molecular flexibility index (Phi) is 2.91. The predicted octanol–water partition coefficient (Wildman–Crippen LogP) is 2.91. The van der Waals surface area contributed by atoms with E-state index in [4.69, 9.17) is 0 Å². The molecule has 0 spiro atoms. The fourth-order valence-electron chi connectivity index (χ4n) is 1.61. The first-order chi connectivity index (χ1) is 8.70. The molecule has 102 valence electrons. The Morgan fingerprint density at radius 1 is 1.26 bits per heavy atom. The summed E-state index contributed by atoms with van der Waals surface area (Å²) in [6.45, 7) is 0. The fourth-order valence-corrected chi connectivity index (χ4v) is 1.61. The molecule has 1 atom stereocenters. The van der Waals surface area contributed by atoms with Crippen molar-refractivity contribution in [1.29, 1.82) is 0 Å². The maximum absolute atomic E-state index is 13.3. The van der Waals surface area contributed by atoms with E-state index in [0.717, 1.165) is 0 Å². The van der Waals surface area contributed by atoms with Crippen LogP contribution in [0, 0.1) is 21.7 Å². The Morgan fingerprint density at radius 3 is 2.42 bits per heavy atom. The summed E-state index contributed by atoms with van der Waals surface area (Å²) in [5.41, 5.74) is -1.78. The largest absolute Gasteiger partial charge is 0.466 e. The number of benzene rings is 1. The van der Waals surface area contributed by atoms with Crippen LogP contribution in [0.4, 0.5) is 22.0 Å². The van der Waals surface area contributed by atoms with E-state index in [0.29, 0.717) is 18.2 Å². The third-order valence-corrected chi connectivity index (χ3v) is 2.35. The first kappa shape index (κ1) is 13.2. The van der Waals surface area contributed by atoms with Crippen LogP contribution in [-0.4, -0.2) is 17.2 Å². The van der Waals surface area contributed by atoms with E-state index in [2.05, 4.69) is 4.74 Å². The van der Waals surface area contributed by atoms with Gasteiger partial charge in [0.05, 0.1) is 4.92 Å². The van der Waals surface area contributed by atoms with Crippen molar-refractivity contribution in [2.75, 3.05) is 0 Å². The lowest BCUT2D eigenvalue weighted by molar-refractivity contribution is -0.443. The smallest absolute Gasteiger partial charge is 0.436 e. The molecule has 4 nitrogen and oxygen atoms in total. The average molecular weight is 281 g/mol. The number of rotatable bonds is 1. The molecular weight excluding hydrogens is 277 g/mol. The highest BCUT2D eigenvalue weighted by Crippen LogP contribution is 2.38. The van der Waals surface area contributed by atoms with Crippen molar-refractivity contribution >= 4 is 6.08 Å². The highest BCUT2D eigenvalue weighted by molar-refractivity contribution is 5.62. The van der Waals surface area contributed by atoms with Gasteiger partial charge in [-0.2, -0.15) is 13.2 Å². The molecule has 0 saturated carbocycles. The first-order valence-corrected chi connectivity index (χ1v) is 4.78. The Bertz CT molecular complexity index is 581. The van der Waals surface area contributed by atoms with Crippen molar-refractivity contribution in [2.24, 2.45) is 0 Å². The van der Waals surface area contributed by atoms with Crippen molar-refractivity contribution in [3.63, 3.8) is 0 Å². The molecule has 0 saturated heterocycles. The zero-order valence-corrected chi connectivity index (χ0v) is 8.87. The monoisotopic (exact) mass is 281 g/mol. The van der Waals surface area contributed by atoms with Gasteiger partial charge in [0, 0.05) is 17.7 Å². The van der Waals surface area contributed by atoms with E-state index in [9.17, 15) is 32.1 Å². The second kappa shape index (κ2) is 4.18. The lowest BCUT2D eigenvalue weighted by atomic mass is 10.1. The summed E-state index contributed by atoms with van der Waals surface area (Å²) in [6.07, 6.45) is -7.53. The molecule has 1 aliphatic heterocycles. The van der Waals surface area contributed by atoms with E-state index in [-0.39, 0.29) is 0 Å². The molecule has 0 bridgehead atoms. The van der Waals surface area contributed by atoms with Gasteiger partial charge >= 0.3 is 6.18 Å². The first-order valence-electron chi connectivity index (χ1n) is 4.78. The minimum atomic E-state index is -5.09. The standard InChI is InChI=1S/C10H4F5NO3/c11-5-1-4-2-7(16(17)18)9(10(13,14)15)19-8(4)6(12)3-5/h1-3,9H. The average Bonchev–Trinajstić information content (AvgIpc) is 2.25. The van der Waals surface area contributed by atoms with Gasteiger partial charge in [0.15, 0.2) is 11.6 Å². The molecule has 0 aliphatic carbocycles. The number of ether oxygens (including phenoxy) is 1. The van der Waals surface area contributed by atoms with Gasteiger partial charge in [-0.25, -0.2) is 8.78 Å². The molecule has 0 radical (unpaired) electrons. The number of hydrogen-bond donors (Lipinski definition) is 0. The second-order valence-electron chi connectivity index (χ2n) is 3.67. The summed E-state index contributed by atoms with van der Waals surface area (Å²) >= 11 is 0. The van der Waals surface area contributed by atoms with Crippen molar-refractivity contribution in [2.45, 2.75) is 12.3 Å². The van der Waals surface area contributed by atoms with Crippen molar-refractivity contribution < 1.29 is 31.6 Å². The van der Waals surface area contributed by atoms with E-state index in [1.807, 2.05) is 0 Å². The maximum atomic E-state index is 13.3. The zero-order valence-electron chi connectivity index (χ0n) is 8.87. The Balaban J connectivity index is 2.61. The topological polar surface area (TPSA) is 52.4 Å². The highest BCUT2D eigenvalue weighted by atomic mass is 19.4. The quantitative estimate of drug-likeness (QED) is 0.452. The fraction of sp³-hybridized carbons (Fsp3) is 0.200. The number of nitrogens with zero attached hydrogens (tertiary/aromatic N) is 1. The van der Waals surface area contributed by atoms with Gasteiger partial charge in [0.25, 0.3) is 11.8 Å². The van der Waals surface area contributed by atoms with Crippen molar-refractivity contribution in [1.82, 2.24) is 0 Å². The molecule has 0 amide bonds. The van der Waals surface area contributed by atoms with Crippen molar-refractivity contribution in [3.8, 4) is 5.75 Å². The highest BCUT2D eigenvalue weighted by Gasteiger charge is 2.52. The summed E-state index contributed by atoms with van der Waals surface area (Å²) in [5, 5.41) is 10.6. The summed E-state index contributed by atoms with van der Waals surface area (Å²) in [4.78, 5) is 9.26. The molecule has 1 aromatic carbocycles. The minimum absolute atomic E-state index is 0.331. The van der Waals surface area contributed by atoms with Crippen LogP contribution in [0.15, 0.2) is 17.8 Å². The molecule has 19 heavy (non-hydrogen) atoms. The van der Waals surface area contributed by atoms with Gasteiger partial charge in [0.2, 0.25) is 0 Å². The number of nitro groups is 1. The minimum Gasteiger partial charge on any atom is -0.466 e. The SMILES string of the molecule is O=[N+]([O-])C1=Cc2cc(F)cc(F)c2OC1C(F)(F)F. The number of hydrogen-bond acceptors (Lipinski definition) is 3. The Morgan fingerprint density at radius 2 is 1.89 bits per heavy atom. The molecule has 1 heterocycles. The van der Waals surface area contributed by atoms with Gasteiger partial charge in [-0.3, -0.25) is 10.1 Å². The van der Waals surface area contributed by atoms with Crippen LogP contribution in [0.1, 0.15) is 5.56 Å². The zero-order chi connectivity index (χ0) is 14.4. The van der Waals surface area contributed by atoms with Crippen LogP contribution in [0.3, 0.4) is 0 Å². The lowest BCUT2D eigenvalue weighted by Crippen LogP contribution is -2.40. The Hall–Kier alpha value is -2.19. The van der Waals surface area contributed by atoms with Crippen LogP contribution in [-0.2, 0) is 0 Å². The lowest BCUT2D eigenvalue weighted by Gasteiger charge is -2.24. The molecular formula is C10H4F5NO3. The summed E-state index contributed by atoms with van der Waals surface area (Å²) < 4.78 is 68.2. The summed E-state index contributed by atoms with van der Waals surface area (Å²) in [6, 6.07) is 0.978. The van der Waals surface area contributed by atoms with Gasteiger partial charge in [-0.15, -0.1) is 0 Å². The maximum Gasteiger partial charge on any atom is 0.436 e. The van der Waals surface area contributed by atoms with Gasteiger partial charge < -0.3 is 4.74 Å². The molecule has 1 unspecified atom stereocenters. The molecule has 2 rings (SSSR count). The molecule has 9 heteroatoms. The second-order valence-corrected chi connectivity index (χ2v) is 3.67. The van der Waals surface area contributed by atoms with Crippen LogP contribution in [0.5, 0.6) is 5.75 Å². The predicted molar refractivity (Wildman–Crippen MR) is 51.8 cm³/mol. The number of fused-ring (bicyclic) bond motifs is 1. The van der Waals surface area contributed by atoms with E-state index >= 15 is 0 Å². The van der Waals surface area contributed by atoms with Crippen LogP contribution < -0.4 is 4.74 Å². The van der Waals surface area contributed by atoms with E-state index in [1.165, 1.54) is 0 Å². The molecule has 0 N–H and O–H groups in total. The van der Waals surface area contributed by atoms with Crippen molar-refractivity contribution in [3.05, 3.63) is 45.1 Å².